The van der Waals surface area contributed by atoms with E-state index in [1.807, 2.05) is 86.0 Å². The lowest BCUT2D eigenvalue weighted by Gasteiger charge is -2.35. The van der Waals surface area contributed by atoms with Crippen LogP contribution < -0.4 is 5.32 Å². The number of methoxy groups -OCH3 is 1. The molecule has 2 saturated carbocycles. The number of H-pyrrole nitrogens is 2. The lowest BCUT2D eigenvalue weighted by molar-refractivity contribution is -0.140. The number of alkyl carbamates (subject to hydrolysis) is 1. The molecule has 62 heavy (non-hydrogen) atoms. The summed E-state index contributed by atoms with van der Waals surface area (Å²) in [5, 5.41) is 14.1. The maximum Gasteiger partial charge on any atom is 0.407 e. The van der Waals surface area contributed by atoms with Gasteiger partial charge in [-0.25, -0.2) is 24.5 Å². The van der Waals surface area contributed by atoms with Gasteiger partial charge in [-0.05, 0) is 78.7 Å². The number of imidazole rings is 2. The van der Waals surface area contributed by atoms with Crippen molar-refractivity contribution in [3.63, 3.8) is 0 Å². The fraction of sp³-hybridized carbons (Fsp3) is 0.444. The number of carboxylic acid groups (broad SMARTS) is 1. The summed E-state index contributed by atoms with van der Waals surface area (Å²) < 4.78 is 4.80. The number of hydrogen-bond acceptors (Lipinski definition) is 8. The number of nitrogens with one attached hydrogen (secondary N) is 3. The van der Waals surface area contributed by atoms with Crippen molar-refractivity contribution in [3.05, 3.63) is 76.6 Å². The van der Waals surface area contributed by atoms with Crippen molar-refractivity contribution in [1.29, 1.82) is 0 Å². The topological polar surface area (TPSA) is 190 Å². The first-order valence-electron chi connectivity index (χ1n) is 21.1. The summed E-state index contributed by atoms with van der Waals surface area (Å²) in [5.41, 5.74) is 5.23. The van der Waals surface area contributed by atoms with Gasteiger partial charge in [-0.3, -0.25) is 14.5 Å². The van der Waals surface area contributed by atoms with Gasteiger partial charge >= 0.3 is 12.2 Å². The fourth-order valence-corrected chi connectivity index (χ4v) is 10.2. The number of carbonyl (C=O) groups excluding carboxylic acids is 3. The number of likely N-dealkylation sites (tertiary alicyclic amines) is 2. The van der Waals surface area contributed by atoms with Crippen molar-refractivity contribution in [2.75, 3.05) is 14.2 Å². The molecule has 3 aromatic heterocycles. The van der Waals surface area contributed by atoms with Crippen molar-refractivity contribution in [2.45, 2.75) is 89.6 Å². The average Bonchev–Trinajstić information content (AvgIpc) is 3.96. The molecule has 4 amide bonds. The smallest absolute Gasteiger partial charge is 0.407 e. The van der Waals surface area contributed by atoms with Crippen LogP contribution in [0.1, 0.15) is 77.1 Å². The minimum atomic E-state index is -1.14. The number of carbonyl (C=O) groups is 4. The molecule has 15 nitrogen and oxygen atoms in total. The quantitative estimate of drug-likeness (QED) is 0.101. The summed E-state index contributed by atoms with van der Waals surface area (Å²) in [6.45, 7) is 7.50. The molecule has 2 aliphatic carbocycles. The Morgan fingerprint density at radius 3 is 1.90 bits per heavy atom. The standard InChI is InChI=1S/C45H49Cl2N9O6/c1-20(2)34(51-44(59)62-6)42(57)55-30-16-26(30)18-32(55)40-49-35(38(46)52-40)23-9-7-22(8-10-23)24-11-13-28-25(15-24)12-14-29(48-28)36-39(47)53-41(50-36)33-19-27-17-31(27)56(33)43(58)37(21(3)4)54(5)45(60)61/h7-15,20-21,26-27,30-34,37H,16-19H2,1-6H3,(H,49,52)(H,50,53)(H,51,59)(H,60,61)/t26-,27+,30+,31+,32-,33-,34-,37-/m0/s1. The molecule has 2 aliphatic heterocycles. The van der Waals surface area contributed by atoms with E-state index < -0.39 is 24.3 Å². The molecule has 4 aliphatic rings. The minimum Gasteiger partial charge on any atom is -0.465 e. The van der Waals surface area contributed by atoms with Crippen LogP contribution in [0, 0.1) is 23.7 Å². The van der Waals surface area contributed by atoms with E-state index in [0.717, 1.165) is 58.2 Å². The molecule has 2 saturated heterocycles. The van der Waals surface area contributed by atoms with Gasteiger partial charge < -0.3 is 34.9 Å². The second kappa shape index (κ2) is 15.9. The van der Waals surface area contributed by atoms with Crippen molar-refractivity contribution in [1.82, 2.24) is 44.9 Å². The highest BCUT2D eigenvalue weighted by Gasteiger charge is 2.58. The average molecular weight is 883 g/mol. The van der Waals surface area contributed by atoms with E-state index in [0.29, 0.717) is 50.9 Å². The van der Waals surface area contributed by atoms with E-state index in [1.54, 1.807) is 0 Å². The van der Waals surface area contributed by atoms with Crippen LogP contribution in [0.15, 0.2) is 54.6 Å². The zero-order chi connectivity index (χ0) is 43.9. The lowest BCUT2D eigenvalue weighted by atomic mass is 10.0. The highest BCUT2D eigenvalue weighted by atomic mass is 35.5. The van der Waals surface area contributed by atoms with Gasteiger partial charge in [0.05, 0.1) is 30.4 Å². The van der Waals surface area contributed by atoms with E-state index in [1.165, 1.54) is 14.2 Å². The fourth-order valence-electron chi connectivity index (χ4n) is 9.74. The maximum absolute atomic E-state index is 13.9. The maximum atomic E-state index is 13.9. The van der Waals surface area contributed by atoms with E-state index in [-0.39, 0.29) is 47.8 Å². The Kier molecular flexibility index (Phi) is 10.7. The molecular weight excluding hydrogens is 833 g/mol. The molecule has 0 unspecified atom stereocenters. The zero-order valence-electron chi connectivity index (χ0n) is 35.2. The Morgan fingerprint density at radius 2 is 1.32 bits per heavy atom. The third kappa shape index (κ3) is 7.42. The minimum absolute atomic E-state index is 0.0586. The highest BCUT2D eigenvalue weighted by molar-refractivity contribution is 6.32. The van der Waals surface area contributed by atoms with Crippen LogP contribution in [0.2, 0.25) is 10.3 Å². The van der Waals surface area contributed by atoms with Crippen LogP contribution in [0.25, 0.3) is 44.7 Å². The van der Waals surface area contributed by atoms with Crippen LogP contribution in [0.4, 0.5) is 9.59 Å². The number of rotatable bonds is 11. The number of aromatic nitrogens is 5. The van der Waals surface area contributed by atoms with Crippen molar-refractivity contribution in [2.24, 2.45) is 23.7 Å². The molecule has 4 fully saturated rings. The molecule has 324 valence electrons. The van der Waals surface area contributed by atoms with Crippen molar-refractivity contribution < 1.29 is 29.0 Å². The van der Waals surface area contributed by atoms with E-state index in [9.17, 15) is 24.3 Å². The molecule has 0 bridgehead atoms. The molecule has 8 atom stereocenters. The van der Waals surface area contributed by atoms with Crippen LogP contribution in [0.3, 0.4) is 0 Å². The summed E-state index contributed by atoms with van der Waals surface area (Å²) in [4.78, 5) is 77.7. The largest absolute Gasteiger partial charge is 0.465 e. The second-order valence-corrected chi connectivity index (χ2v) is 18.6. The molecule has 9 rings (SSSR count). The number of amides is 4. The van der Waals surface area contributed by atoms with Gasteiger partial charge in [0.1, 0.15) is 45.4 Å². The Balaban J connectivity index is 0.911. The predicted molar refractivity (Wildman–Crippen MR) is 233 cm³/mol. The molecule has 5 heterocycles. The molecule has 0 spiro atoms. The number of benzene rings is 2. The van der Waals surface area contributed by atoms with Gasteiger partial charge in [0.2, 0.25) is 11.8 Å². The monoisotopic (exact) mass is 881 g/mol. The van der Waals surface area contributed by atoms with E-state index in [4.69, 9.17) is 42.9 Å². The first kappa shape index (κ1) is 41.7. The number of nitrogens with zero attached hydrogens (tertiary/aromatic N) is 6. The van der Waals surface area contributed by atoms with Gasteiger partial charge in [0.15, 0.2) is 0 Å². The Labute approximate surface area is 368 Å². The highest BCUT2D eigenvalue weighted by Crippen LogP contribution is 2.55. The van der Waals surface area contributed by atoms with Gasteiger partial charge in [-0.1, -0.05) is 87.3 Å². The van der Waals surface area contributed by atoms with E-state index in [2.05, 4.69) is 21.4 Å². The number of aromatic amines is 2. The summed E-state index contributed by atoms with van der Waals surface area (Å²) in [6, 6.07) is 15.9. The summed E-state index contributed by atoms with van der Waals surface area (Å²) in [5.74, 6) is 1.21. The van der Waals surface area contributed by atoms with Crippen LogP contribution in [-0.2, 0) is 14.3 Å². The first-order valence-corrected chi connectivity index (χ1v) is 21.9. The SMILES string of the molecule is COC(=O)N[C@H](C(=O)N1[C@@H]2C[C@H]2C[C@H]1c1nc(-c2ccc(-c3ccc4nc(-c5nc([C@@H]6C[C@H]7C[C@H]7N6C(=O)[C@H](C(C)C)N(C)C(=O)O)[nH]c5Cl)ccc4c3)cc2)c(Cl)[nH]1)C(C)C. The van der Waals surface area contributed by atoms with Crippen LogP contribution in [-0.4, -0.2) is 107 Å². The normalized spacial score (nSPS) is 23.3. The van der Waals surface area contributed by atoms with E-state index >= 15 is 0 Å². The second-order valence-electron chi connectivity index (χ2n) is 17.8. The Hall–Kier alpha value is -5.67. The first-order chi connectivity index (χ1) is 29.6. The summed E-state index contributed by atoms with van der Waals surface area (Å²) in [7, 11) is 2.73. The predicted octanol–water partition coefficient (Wildman–Crippen LogP) is 8.33. The third-order valence-corrected chi connectivity index (χ3v) is 13.7. The number of likely N-dealkylation sites (N-methyl/N-ethyl adjacent to an activating group) is 1. The van der Waals surface area contributed by atoms with Gasteiger partial charge in [0.25, 0.3) is 0 Å². The number of pyridine rings is 1. The number of fused-ring (bicyclic) bond motifs is 3. The molecule has 4 N–H and O–H groups in total. The van der Waals surface area contributed by atoms with Crippen LogP contribution >= 0.6 is 23.2 Å². The molecular formula is C45H49Cl2N9O6. The Bertz CT molecular complexity index is 2590. The number of ether oxygens (including phenoxy) is 1. The number of piperidine rings is 2. The third-order valence-electron chi connectivity index (χ3n) is 13.1. The number of halogens is 2. The molecule has 17 heteroatoms. The van der Waals surface area contributed by atoms with Gasteiger partial charge in [-0.2, -0.15) is 0 Å². The van der Waals surface area contributed by atoms with Crippen molar-refractivity contribution in [3.8, 4) is 33.8 Å². The summed E-state index contributed by atoms with van der Waals surface area (Å²) in [6.07, 6.45) is 1.54. The number of hydrogen-bond donors (Lipinski definition) is 4. The zero-order valence-corrected chi connectivity index (χ0v) is 36.7. The summed E-state index contributed by atoms with van der Waals surface area (Å²) >= 11 is 13.5. The molecule has 2 aromatic carbocycles. The van der Waals surface area contributed by atoms with Gasteiger partial charge in [0, 0.05) is 30.1 Å². The van der Waals surface area contributed by atoms with Crippen molar-refractivity contribution >= 4 is 58.1 Å². The molecule has 5 aromatic rings. The van der Waals surface area contributed by atoms with Crippen LogP contribution in [0.5, 0.6) is 0 Å². The Morgan fingerprint density at radius 1 is 0.758 bits per heavy atom. The lowest BCUT2D eigenvalue weighted by Crippen LogP contribution is -2.52. The van der Waals surface area contributed by atoms with Gasteiger partial charge in [-0.15, -0.1) is 0 Å². The molecule has 0 radical (unpaired) electrons.